The number of carbonyl (C=O) groups is 1. The zero-order chi connectivity index (χ0) is 14.8. The van der Waals surface area contributed by atoms with Crippen molar-refractivity contribution in [3.05, 3.63) is 17.7 Å². The third-order valence-electron chi connectivity index (χ3n) is 2.57. The molecule has 0 radical (unpaired) electrons. The Kier molecular flexibility index (Phi) is 4.26. The molecule has 0 aliphatic heterocycles. The van der Waals surface area contributed by atoms with Crippen LogP contribution in [0.1, 0.15) is 12.0 Å². The van der Waals surface area contributed by atoms with Crippen molar-refractivity contribution >= 4 is 21.7 Å². The van der Waals surface area contributed by atoms with Crippen LogP contribution in [0.2, 0.25) is 0 Å². The molecule has 0 fully saturated rings. The first-order valence-corrected chi connectivity index (χ1v) is 5.56. The van der Waals surface area contributed by atoms with Crippen LogP contribution < -0.4 is 0 Å². The van der Waals surface area contributed by atoms with E-state index in [1.807, 2.05) is 0 Å². The summed E-state index contributed by atoms with van der Waals surface area (Å²) in [4.78, 5) is 11.1. The van der Waals surface area contributed by atoms with Crippen LogP contribution in [0.3, 0.4) is 0 Å². The van der Waals surface area contributed by atoms with Gasteiger partial charge in [0.2, 0.25) is 0 Å². The normalized spacial score (nSPS) is 14.3. The molecule has 0 aliphatic rings. The number of halogens is 3. The molecule has 100 valence electrons. The third kappa shape index (κ3) is 3.08. The number of rotatable bonds is 3. The van der Waals surface area contributed by atoms with Crippen LogP contribution in [0, 0.1) is 12.3 Å². The third-order valence-corrected chi connectivity index (χ3v) is 2.77. The minimum atomic E-state index is -4.91. The first-order valence-electron chi connectivity index (χ1n) is 4.98. The topological polar surface area (TPSA) is 57.5 Å². The van der Waals surface area contributed by atoms with Crippen LogP contribution in [0.25, 0.3) is 0 Å². The summed E-state index contributed by atoms with van der Waals surface area (Å²) in [5.41, 5.74) is -5.43. The summed E-state index contributed by atoms with van der Waals surface area (Å²) in [6, 6.07) is 1.56. The van der Waals surface area contributed by atoms with Gasteiger partial charge in [0.1, 0.15) is 0 Å². The van der Waals surface area contributed by atoms with E-state index < -0.39 is 40.4 Å². The number of hydrogen-bond acceptors (Lipinski definition) is 3. The molecule has 0 aromatic carbocycles. The van der Waals surface area contributed by atoms with Crippen LogP contribution in [0.15, 0.2) is 12.1 Å². The van der Waals surface area contributed by atoms with Crippen molar-refractivity contribution in [3.63, 3.8) is 0 Å². The summed E-state index contributed by atoms with van der Waals surface area (Å²) in [5, 5.41) is 18.5. The number of hydrogen-bond donors (Lipinski definition) is 2. The molecule has 1 heterocycles. The molecule has 1 aromatic heterocycles. The maximum atomic E-state index is 13.2. The predicted octanol–water partition coefficient (Wildman–Crippen LogP) is 1.66. The van der Waals surface area contributed by atoms with E-state index in [1.165, 1.54) is 0 Å². The SMILES string of the molecule is C#CC(CC(=O)P)(c1cc(O)bc(O)c1)C(F)(F)F. The molecule has 19 heavy (non-hydrogen) atoms. The number of aromatic hydroxyl groups is 2. The second-order valence-corrected chi connectivity index (χ2v) is 4.57. The average molecular weight is 288 g/mol. The molecule has 2 atom stereocenters. The summed E-state index contributed by atoms with van der Waals surface area (Å²) in [6.45, 7) is 0.865. The molecule has 0 saturated carbocycles. The van der Waals surface area contributed by atoms with Crippen molar-refractivity contribution in [3.8, 4) is 23.6 Å². The Bertz CT molecular complexity index is 533. The molecule has 3 nitrogen and oxygen atoms in total. The van der Waals surface area contributed by atoms with Gasteiger partial charge in [-0.1, -0.05) is 0 Å². The van der Waals surface area contributed by atoms with E-state index in [-0.39, 0.29) is 0 Å². The molecule has 1 rings (SSSR count). The van der Waals surface area contributed by atoms with E-state index in [4.69, 9.17) is 6.42 Å². The first kappa shape index (κ1) is 15.5. The first-order chi connectivity index (χ1) is 8.62. The Labute approximate surface area is 110 Å². The fraction of sp³-hybridized carbons (Fsp3) is 0.273. The van der Waals surface area contributed by atoms with Gasteiger partial charge in [-0.25, -0.2) is 0 Å². The van der Waals surface area contributed by atoms with Crippen molar-refractivity contribution < 1.29 is 28.2 Å². The van der Waals surface area contributed by atoms with Gasteiger partial charge in [0, 0.05) is 0 Å². The maximum absolute atomic E-state index is 13.2. The van der Waals surface area contributed by atoms with E-state index in [2.05, 4.69) is 0 Å². The average Bonchev–Trinajstić information content (AvgIpc) is 2.22. The number of terminal acetylenes is 1. The van der Waals surface area contributed by atoms with Crippen LogP contribution in [0.5, 0.6) is 11.3 Å². The molecule has 8 heteroatoms. The van der Waals surface area contributed by atoms with Crippen molar-refractivity contribution in [2.24, 2.45) is 0 Å². The summed E-state index contributed by atoms with van der Waals surface area (Å²) >= 11 is 0. The number of alkyl halides is 3. The van der Waals surface area contributed by atoms with Crippen molar-refractivity contribution in [1.82, 2.24) is 0 Å². The summed E-state index contributed by atoms with van der Waals surface area (Å²) in [7, 11) is 1.62. The zero-order valence-electron chi connectivity index (χ0n) is 9.53. The van der Waals surface area contributed by atoms with Gasteiger partial charge in [-0.05, 0) is 0 Å². The Morgan fingerprint density at radius 3 is 2.16 bits per heavy atom. The van der Waals surface area contributed by atoms with Crippen LogP contribution in [-0.2, 0) is 10.2 Å². The van der Waals surface area contributed by atoms with Gasteiger partial charge >= 0.3 is 109 Å². The van der Waals surface area contributed by atoms with E-state index in [9.17, 15) is 28.2 Å². The summed E-state index contributed by atoms with van der Waals surface area (Å²) in [5.74, 6) is 1.58. The van der Waals surface area contributed by atoms with Crippen molar-refractivity contribution in [2.75, 3.05) is 0 Å². The van der Waals surface area contributed by atoms with Crippen LogP contribution in [0.4, 0.5) is 13.2 Å². The molecule has 2 N–H and O–H groups in total. The van der Waals surface area contributed by atoms with Crippen LogP contribution in [-0.4, -0.2) is 28.8 Å². The monoisotopic (exact) mass is 288 g/mol. The molecule has 0 saturated heterocycles. The Morgan fingerprint density at radius 1 is 1.37 bits per heavy atom. The molecule has 0 bridgehead atoms. The van der Waals surface area contributed by atoms with E-state index in [1.54, 1.807) is 15.2 Å². The molecular formula is C11H9BF3O3P. The molecule has 0 amide bonds. The second-order valence-electron chi connectivity index (χ2n) is 3.93. The molecule has 1 aromatic rings. The molecule has 0 spiro atoms. The van der Waals surface area contributed by atoms with Gasteiger partial charge in [0.05, 0.1) is 0 Å². The minimum absolute atomic E-state index is 0.559. The van der Waals surface area contributed by atoms with E-state index >= 15 is 0 Å². The van der Waals surface area contributed by atoms with Crippen molar-refractivity contribution in [2.45, 2.75) is 18.0 Å². The Morgan fingerprint density at radius 2 is 1.84 bits per heavy atom. The standard InChI is InChI=1S/C11H9BF3O3P/c1-2-10(5-9(18)19,11(13,14)15)6-3-7(16)12-8(17)4-6/h1,3-4,16-17H,5,19H2. The molecule has 0 aliphatic carbocycles. The van der Waals surface area contributed by atoms with Gasteiger partial charge in [0.25, 0.3) is 0 Å². The van der Waals surface area contributed by atoms with E-state index in [0.29, 0.717) is 0 Å². The van der Waals surface area contributed by atoms with Gasteiger partial charge < -0.3 is 0 Å². The fourth-order valence-electron chi connectivity index (χ4n) is 1.69. The zero-order valence-corrected chi connectivity index (χ0v) is 10.7. The molecule has 2 unspecified atom stereocenters. The summed E-state index contributed by atoms with van der Waals surface area (Å²) in [6.07, 6.45) is -0.928. The predicted molar refractivity (Wildman–Crippen MR) is 67.0 cm³/mol. The van der Waals surface area contributed by atoms with Gasteiger partial charge in [-0.3, -0.25) is 0 Å². The van der Waals surface area contributed by atoms with Gasteiger partial charge in [-0.2, -0.15) is 0 Å². The van der Waals surface area contributed by atoms with Gasteiger partial charge in [-0.15, -0.1) is 0 Å². The second kappa shape index (κ2) is 5.22. The quantitative estimate of drug-likeness (QED) is 0.657. The van der Waals surface area contributed by atoms with Crippen LogP contribution >= 0.6 is 9.24 Å². The number of carbonyl (C=O) groups excluding carboxylic acids is 1. The van der Waals surface area contributed by atoms with Gasteiger partial charge in [0.15, 0.2) is 0 Å². The molecular weight excluding hydrogens is 279 g/mol. The Balaban J connectivity index is 3.55. The summed E-state index contributed by atoms with van der Waals surface area (Å²) < 4.78 is 39.7. The van der Waals surface area contributed by atoms with E-state index in [0.717, 1.165) is 19.0 Å². The Hall–Kier alpha value is -1.54. The fourth-order valence-corrected chi connectivity index (χ4v) is 1.99. The van der Waals surface area contributed by atoms with Crippen molar-refractivity contribution in [1.29, 1.82) is 0 Å².